The van der Waals surface area contributed by atoms with Gasteiger partial charge in [0.1, 0.15) is 0 Å². The fraction of sp³-hybridized carbons (Fsp3) is 0.500. The van der Waals surface area contributed by atoms with E-state index in [1.165, 1.54) is 29.9 Å². The minimum Gasteiger partial charge on any atom is -0.380 e. The third-order valence-corrected chi connectivity index (χ3v) is 3.45. The summed E-state index contributed by atoms with van der Waals surface area (Å²) in [6.07, 6.45) is 0. The number of aryl methyl sites for hydroxylation is 1. The van der Waals surface area contributed by atoms with Crippen molar-refractivity contribution >= 4 is 5.69 Å². The zero-order chi connectivity index (χ0) is 9.71. The Bertz CT molecular complexity index is 373. The second-order valence-electron chi connectivity index (χ2n) is 4.67. The number of likely N-dealkylation sites (tertiary alicyclic amines) is 1. The van der Waals surface area contributed by atoms with Crippen molar-refractivity contribution in [3.05, 3.63) is 29.3 Å². The summed E-state index contributed by atoms with van der Waals surface area (Å²) in [7, 11) is 2.20. The SMILES string of the molecule is Cc1ccc2c(c1)NC1CN(C)CC21. The van der Waals surface area contributed by atoms with Crippen LogP contribution in [0.15, 0.2) is 18.2 Å². The normalized spacial score (nSPS) is 29.9. The topological polar surface area (TPSA) is 15.3 Å². The molecular formula is C12H16N2. The fourth-order valence-corrected chi connectivity index (χ4v) is 2.78. The number of rotatable bonds is 0. The highest BCUT2D eigenvalue weighted by Crippen LogP contribution is 2.40. The number of fused-ring (bicyclic) bond motifs is 3. The highest BCUT2D eigenvalue weighted by molar-refractivity contribution is 5.61. The summed E-state index contributed by atoms with van der Waals surface area (Å²) in [5.74, 6) is 0.718. The molecule has 1 N–H and O–H groups in total. The molecule has 2 atom stereocenters. The van der Waals surface area contributed by atoms with Crippen LogP contribution in [0.3, 0.4) is 0 Å². The van der Waals surface area contributed by atoms with E-state index in [1.807, 2.05) is 0 Å². The minimum absolute atomic E-state index is 0.650. The number of benzene rings is 1. The highest BCUT2D eigenvalue weighted by atomic mass is 15.2. The smallest absolute Gasteiger partial charge is 0.0470 e. The van der Waals surface area contributed by atoms with Gasteiger partial charge in [-0.05, 0) is 31.2 Å². The first-order valence-corrected chi connectivity index (χ1v) is 5.29. The molecule has 2 heterocycles. The van der Waals surface area contributed by atoms with Crippen molar-refractivity contribution in [1.29, 1.82) is 0 Å². The molecule has 74 valence electrons. The van der Waals surface area contributed by atoms with E-state index in [4.69, 9.17) is 0 Å². The van der Waals surface area contributed by atoms with Crippen LogP contribution in [0, 0.1) is 6.92 Å². The molecule has 0 saturated carbocycles. The zero-order valence-corrected chi connectivity index (χ0v) is 8.75. The quantitative estimate of drug-likeness (QED) is 0.668. The number of likely N-dealkylation sites (N-methyl/N-ethyl adjacent to an activating group) is 1. The molecule has 2 unspecified atom stereocenters. The molecule has 0 spiro atoms. The van der Waals surface area contributed by atoms with Gasteiger partial charge in [-0.3, -0.25) is 0 Å². The lowest BCUT2D eigenvalue weighted by Gasteiger charge is -2.11. The average molecular weight is 188 g/mol. The maximum absolute atomic E-state index is 3.63. The average Bonchev–Trinajstić information content (AvgIpc) is 2.59. The van der Waals surface area contributed by atoms with Crippen LogP contribution in [0.25, 0.3) is 0 Å². The highest BCUT2D eigenvalue weighted by Gasteiger charge is 2.38. The van der Waals surface area contributed by atoms with Crippen molar-refractivity contribution in [1.82, 2.24) is 4.90 Å². The van der Waals surface area contributed by atoms with Crippen molar-refractivity contribution in [2.45, 2.75) is 18.9 Å². The number of nitrogens with zero attached hydrogens (tertiary/aromatic N) is 1. The van der Waals surface area contributed by atoms with Gasteiger partial charge in [-0.25, -0.2) is 0 Å². The molecule has 0 amide bonds. The van der Waals surface area contributed by atoms with Gasteiger partial charge in [-0.1, -0.05) is 12.1 Å². The molecule has 2 heteroatoms. The van der Waals surface area contributed by atoms with Gasteiger partial charge < -0.3 is 10.2 Å². The lowest BCUT2D eigenvalue weighted by Crippen LogP contribution is -2.22. The second-order valence-corrected chi connectivity index (χ2v) is 4.67. The number of anilines is 1. The molecule has 0 aromatic heterocycles. The Balaban J connectivity index is 2.01. The molecule has 1 aromatic carbocycles. The van der Waals surface area contributed by atoms with Crippen LogP contribution in [-0.2, 0) is 0 Å². The van der Waals surface area contributed by atoms with Crippen molar-refractivity contribution in [3.63, 3.8) is 0 Å². The van der Waals surface area contributed by atoms with Crippen LogP contribution in [0.2, 0.25) is 0 Å². The Kier molecular flexibility index (Phi) is 1.62. The van der Waals surface area contributed by atoms with Gasteiger partial charge in [0, 0.05) is 30.7 Å². The molecule has 14 heavy (non-hydrogen) atoms. The molecule has 0 radical (unpaired) electrons. The van der Waals surface area contributed by atoms with Gasteiger partial charge in [0.05, 0.1) is 0 Å². The van der Waals surface area contributed by atoms with Crippen LogP contribution >= 0.6 is 0 Å². The zero-order valence-electron chi connectivity index (χ0n) is 8.75. The molecule has 2 aliphatic rings. The first kappa shape index (κ1) is 8.30. The molecule has 1 saturated heterocycles. The van der Waals surface area contributed by atoms with Gasteiger partial charge in [0.2, 0.25) is 0 Å². The van der Waals surface area contributed by atoms with E-state index in [0.29, 0.717) is 6.04 Å². The minimum atomic E-state index is 0.650. The van der Waals surface area contributed by atoms with E-state index >= 15 is 0 Å². The van der Waals surface area contributed by atoms with Crippen LogP contribution < -0.4 is 5.32 Å². The Morgan fingerprint density at radius 2 is 2.21 bits per heavy atom. The summed E-state index contributed by atoms with van der Waals surface area (Å²) >= 11 is 0. The lowest BCUT2D eigenvalue weighted by atomic mass is 9.97. The summed E-state index contributed by atoms with van der Waals surface area (Å²) < 4.78 is 0. The van der Waals surface area contributed by atoms with Crippen molar-refractivity contribution in [3.8, 4) is 0 Å². The molecule has 3 rings (SSSR count). The number of hydrogen-bond donors (Lipinski definition) is 1. The van der Waals surface area contributed by atoms with Crippen LogP contribution in [0.1, 0.15) is 17.0 Å². The van der Waals surface area contributed by atoms with Crippen molar-refractivity contribution in [2.24, 2.45) is 0 Å². The van der Waals surface area contributed by atoms with Gasteiger partial charge in [0.15, 0.2) is 0 Å². The molecule has 1 aromatic rings. The summed E-state index contributed by atoms with van der Waals surface area (Å²) in [4.78, 5) is 2.41. The Labute approximate surface area is 84.9 Å². The summed E-state index contributed by atoms with van der Waals surface area (Å²) in [5.41, 5.74) is 4.24. The number of hydrogen-bond acceptors (Lipinski definition) is 2. The third kappa shape index (κ3) is 1.07. The van der Waals surface area contributed by atoms with Crippen molar-refractivity contribution < 1.29 is 0 Å². The van der Waals surface area contributed by atoms with Gasteiger partial charge >= 0.3 is 0 Å². The van der Waals surface area contributed by atoms with Crippen LogP contribution in [-0.4, -0.2) is 31.1 Å². The summed E-state index contributed by atoms with van der Waals surface area (Å²) in [6.45, 7) is 4.54. The largest absolute Gasteiger partial charge is 0.380 e. The standard InChI is InChI=1S/C12H16N2/c1-8-3-4-9-10-6-14(2)7-12(10)13-11(9)5-8/h3-5,10,12-13H,6-7H2,1-2H3. The maximum Gasteiger partial charge on any atom is 0.0470 e. The molecule has 0 bridgehead atoms. The molecule has 2 nitrogen and oxygen atoms in total. The molecule has 2 aliphatic heterocycles. The predicted molar refractivity (Wildman–Crippen MR) is 58.8 cm³/mol. The predicted octanol–water partition coefficient (Wildman–Crippen LogP) is 1.82. The Hall–Kier alpha value is -1.02. The second kappa shape index (κ2) is 2.74. The maximum atomic E-state index is 3.63. The van der Waals surface area contributed by atoms with E-state index in [2.05, 4.69) is 42.4 Å². The van der Waals surface area contributed by atoms with E-state index < -0.39 is 0 Å². The Morgan fingerprint density at radius 1 is 1.36 bits per heavy atom. The van der Waals surface area contributed by atoms with Gasteiger partial charge in [-0.15, -0.1) is 0 Å². The van der Waals surface area contributed by atoms with Crippen LogP contribution in [0.4, 0.5) is 5.69 Å². The Morgan fingerprint density at radius 3 is 3.07 bits per heavy atom. The summed E-state index contributed by atoms with van der Waals surface area (Å²) in [5, 5.41) is 3.63. The first-order valence-electron chi connectivity index (χ1n) is 5.29. The summed E-state index contributed by atoms with van der Waals surface area (Å²) in [6, 6.07) is 7.44. The third-order valence-electron chi connectivity index (χ3n) is 3.45. The lowest BCUT2D eigenvalue weighted by molar-refractivity contribution is 0.408. The monoisotopic (exact) mass is 188 g/mol. The van der Waals surface area contributed by atoms with E-state index in [0.717, 1.165) is 5.92 Å². The molecule has 0 aliphatic carbocycles. The fourth-order valence-electron chi connectivity index (χ4n) is 2.78. The molecule has 1 fully saturated rings. The van der Waals surface area contributed by atoms with E-state index in [1.54, 1.807) is 0 Å². The van der Waals surface area contributed by atoms with E-state index in [9.17, 15) is 0 Å². The van der Waals surface area contributed by atoms with E-state index in [-0.39, 0.29) is 0 Å². The van der Waals surface area contributed by atoms with Gasteiger partial charge in [-0.2, -0.15) is 0 Å². The van der Waals surface area contributed by atoms with Gasteiger partial charge in [0.25, 0.3) is 0 Å². The number of nitrogens with one attached hydrogen (secondary N) is 1. The van der Waals surface area contributed by atoms with Crippen LogP contribution in [0.5, 0.6) is 0 Å². The van der Waals surface area contributed by atoms with Crippen molar-refractivity contribution in [2.75, 3.05) is 25.5 Å². The first-order chi connectivity index (χ1) is 6.74. The molecular weight excluding hydrogens is 172 g/mol.